The molecule has 0 aliphatic carbocycles. The maximum Gasteiger partial charge on any atom is 0.355 e. The van der Waals surface area contributed by atoms with Crippen molar-refractivity contribution in [3.8, 4) is 6.07 Å². The van der Waals surface area contributed by atoms with Crippen molar-refractivity contribution in [1.82, 2.24) is 4.98 Å². The minimum atomic E-state index is -1.11. The van der Waals surface area contributed by atoms with Gasteiger partial charge in [-0.3, -0.25) is 10.1 Å². The number of hydrogen-bond acceptors (Lipinski definition) is 7. The van der Waals surface area contributed by atoms with E-state index in [9.17, 15) is 14.9 Å². The van der Waals surface area contributed by atoms with Crippen LogP contribution in [0.25, 0.3) is 0 Å². The Balaban J connectivity index is 2.14. The monoisotopic (exact) mass is 304 g/mol. The molecule has 0 unspecified atom stereocenters. The first-order valence-electron chi connectivity index (χ1n) is 5.61. The van der Waals surface area contributed by atoms with Crippen LogP contribution in [-0.2, 0) is 6.54 Å². The summed E-state index contributed by atoms with van der Waals surface area (Å²) in [7, 11) is 0. The Hall–Kier alpha value is -2.99. The van der Waals surface area contributed by atoms with E-state index in [2.05, 4.69) is 10.3 Å². The second-order valence-corrected chi connectivity index (χ2v) is 4.83. The Morgan fingerprint density at radius 2 is 2.33 bits per heavy atom. The van der Waals surface area contributed by atoms with Crippen molar-refractivity contribution in [2.45, 2.75) is 6.54 Å². The predicted octanol–water partition coefficient (Wildman–Crippen LogP) is 2.23. The van der Waals surface area contributed by atoms with Gasteiger partial charge in [-0.15, -0.1) is 11.3 Å². The normalized spacial score (nSPS) is 9.86. The number of aromatic nitrogens is 1. The summed E-state index contributed by atoms with van der Waals surface area (Å²) in [5, 5.41) is 33.3. The maximum atomic E-state index is 10.7. The van der Waals surface area contributed by atoms with Gasteiger partial charge in [0.15, 0.2) is 5.69 Å². The molecule has 0 aliphatic rings. The van der Waals surface area contributed by atoms with Crippen LogP contribution >= 0.6 is 11.3 Å². The van der Waals surface area contributed by atoms with Crippen LogP contribution in [0, 0.1) is 21.4 Å². The quantitative estimate of drug-likeness (QED) is 0.640. The molecule has 0 saturated carbocycles. The van der Waals surface area contributed by atoms with Crippen molar-refractivity contribution < 1.29 is 14.8 Å². The summed E-state index contributed by atoms with van der Waals surface area (Å²) in [5.41, 5.74) is 0.356. The van der Waals surface area contributed by atoms with Gasteiger partial charge in [-0.25, -0.2) is 9.78 Å². The highest BCUT2D eigenvalue weighted by molar-refractivity contribution is 7.09. The minimum absolute atomic E-state index is 0.0407. The average Bonchev–Trinajstić information content (AvgIpc) is 2.93. The number of nitrogens with one attached hydrogen (secondary N) is 1. The number of nitriles is 1. The number of benzene rings is 1. The Kier molecular flexibility index (Phi) is 4.10. The number of hydrogen-bond donors (Lipinski definition) is 2. The van der Waals surface area contributed by atoms with E-state index in [1.165, 1.54) is 34.9 Å². The Bertz CT molecular complexity index is 750. The molecule has 0 bridgehead atoms. The predicted molar refractivity (Wildman–Crippen MR) is 74.2 cm³/mol. The third kappa shape index (κ3) is 3.31. The third-order valence-corrected chi connectivity index (χ3v) is 3.38. The lowest BCUT2D eigenvalue weighted by atomic mass is 10.1. The number of rotatable bonds is 5. The number of carboxylic acid groups (broad SMARTS) is 1. The topological polar surface area (TPSA) is 129 Å². The summed E-state index contributed by atoms with van der Waals surface area (Å²) in [5.74, 6) is -1.11. The van der Waals surface area contributed by atoms with Gasteiger partial charge in [0, 0.05) is 17.5 Å². The number of aromatic carboxylic acids is 1. The second kappa shape index (κ2) is 5.98. The molecule has 2 aromatic rings. The van der Waals surface area contributed by atoms with Crippen molar-refractivity contribution in [3.05, 3.63) is 50.0 Å². The standard InChI is InChI=1S/C12H8N4O4S/c13-4-7-3-8(16(19)20)1-2-9(7)14-5-11-15-10(6-21-11)12(17)18/h1-3,6,14H,5H2,(H,17,18). The van der Waals surface area contributed by atoms with Gasteiger partial charge >= 0.3 is 5.97 Å². The molecule has 0 fully saturated rings. The lowest BCUT2D eigenvalue weighted by Gasteiger charge is -2.06. The van der Waals surface area contributed by atoms with E-state index < -0.39 is 10.9 Å². The van der Waals surface area contributed by atoms with Crippen molar-refractivity contribution in [1.29, 1.82) is 5.26 Å². The van der Waals surface area contributed by atoms with Crippen LogP contribution in [0.5, 0.6) is 0 Å². The number of carboxylic acids is 1. The zero-order chi connectivity index (χ0) is 15.4. The molecule has 1 aromatic heterocycles. The summed E-state index contributed by atoms with van der Waals surface area (Å²) >= 11 is 1.17. The van der Waals surface area contributed by atoms with Crippen molar-refractivity contribution in [2.75, 3.05) is 5.32 Å². The smallest absolute Gasteiger partial charge is 0.355 e. The van der Waals surface area contributed by atoms with Crippen LogP contribution < -0.4 is 5.32 Å². The number of nitro benzene ring substituents is 1. The van der Waals surface area contributed by atoms with Crippen molar-refractivity contribution in [2.24, 2.45) is 0 Å². The van der Waals surface area contributed by atoms with Gasteiger partial charge in [0.2, 0.25) is 0 Å². The molecule has 1 heterocycles. The van der Waals surface area contributed by atoms with E-state index >= 15 is 0 Å². The van der Waals surface area contributed by atoms with Crippen LogP contribution in [0.1, 0.15) is 21.1 Å². The van der Waals surface area contributed by atoms with Gasteiger partial charge in [0.05, 0.1) is 22.7 Å². The first-order valence-corrected chi connectivity index (χ1v) is 6.49. The van der Waals surface area contributed by atoms with Gasteiger partial charge < -0.3 is 10.4 Å². The number of nitro groups is 1. The molecule has 2 rings (SSSR count). The maximum absolute atomic E-state index is 10.7. The largest absolute Gasteiger partial charge is 0.476 e. The number of anilines is 1. The van der Waals surface area contributed by atoms with Crippen LogP contribution in [0.2, 0.25) is 0 Å². The van der Waals surface area contributed by atoms with Crippen molar-refractivity contribution >= 4 is 28.7 Å². The Labute approximate surface area is 122 Å². The molecule has 8 nitrogen and oxygen atoms in total. The third-order valence-electron chi connectivity index (χ3n) is 2.54. The van der Waals surface area contributed by atoms with Gasteiger partial charge in [-0.1, -0.05) is 0 Å². The summed E-state index contributed by atoms with van der Waals surface area (Å²) in [6.45, 7) is 0.227. The fraction of sp³-hybridized carbons (Fsp3) is 0.0833. The highest BCUT2D eigenvalue weighted by atomic mass is 32.1. The number of thiazole rings is 1. The lowest BCUT2D eigenvalue weighted by molar-refractivity contribution is -0.384. The van der Waals surface area contributed by atoms with Crippen molar-refractivity contribution in [3.63, 3.8) is 0 Å². The SMILES string of the molecule is N#Cc1cc([N+](=O)[O-])ccc1NCc1nc(C(=O)O)cs1. The molecule has 2 N–H and O–H groups in total. The van der Waals surface area contributed by atoms with E-state index in [4.69, 9.17) is 10.4 Å². The van der Waals surface area contributed by atoms with Crippen LogP contribution in [0.3, 0.4) is 0 Å². The first kappa shape index (κ1) is 14.4. The molecule has 0 spiro atoms. The summed E-state index contributed by atoms with van der Waals surface area (Å²) in [6.07, 6.45) is 0. The molecule has 0 amide bonds. The van der Waals surface area contributed by atoms with Gasteiger partial charge in [0.25, 0.3) is 5.69 Å². The minimum Gasteiger partial charge on any atom is -0.476 e. The average molecular weight is 304 g/mol. The molecular weight excluding hydrogens is 296 g/mol. The number of non-ortho nitro benzene ring substituents is 1. The fourth-order valence-corrected chi connectivity index (χ4v) is 2.26. The molecule has 21 heavy (non-hydrogen) atoms. The molecule has 9 heteroatoms. The molecule has 0 aliphatic heterocycles. The Morgan fingerprint density at radius 1 is 1.57 bits per heavy atom. The van der Waals surface area contributed by atoms with Crippen LogP contribution in [-0.4, -0.2) is 21.0 Å². The highest BCUT2D eigenvalue weighted by Crippen LogP contribution is 2.22. The van der Waals surface area contributed by atoms with Gasteiger partial charge in [-0.2, -0.15) is 5.26 Å². The number of carbonyl (C=O) groups is 1. The van der Waals surface area contributed by atoms with E-state index in [1.54, 1.807) is 0 Å². The second-order valence-electron chi connectivity index (χ2n) is 3.88. The Morgan fingerprint density at radius 3 is 2.90 bits per heavy atom. The van der Waals surface area contributed by atoms with Crippen LogP contribution in [0.4, 0.5) is 11.4 Å². The molecule has 1 aromatic carbocycles. The van der Waals surface area contributed by atoms with Gasteiger partial charge in [0.1, 0.15) is 11.1 Å². The fourth-order valence-electron chi connectivity index (χ4n) is 1.55. The zero-order valence-corrected chi connectivity index (χ0v) is 11.3. The molecule has 0 atom stereocenters. The molecule has 0 radical (unpaired) electrons. The van der Waals surface area contributed by atoms with E-state index in [0.717, 1.165) is 0 Å². The van der Waals surface area contributed by atoms with Gasteiger partial charge in [-0.05, 0) is 6.07 Å². The summed E-state index contributed by atoms with van der Waals surface area (Å²) < 4.78 is 0. The molecule has 0 saturated heterocycles. The zero-order valence-electron chi connectivity index (χ0n) is 10.4. The van der Waals surface area contributed by atoms with E-state index in [-0.39, 0.29) is 23.5 Å². The van der Waals surface area contributed by atoms with E-state index in [0.29, 0.717) is 10.7 Å². The first-order chi connectivity index (χ1) is 10.0. The highest BCUT2D eigenvalue weighted by Gasteiger charge is 2.12. The number of nitrogens with zero attached hydrogens (tertiary/aromatic N) is 3. The summed E-state index contributed by atoms with van der Waals surface area (Å²) in [4.78, 5) is 24.7. The van der Waals surface area contributed by atoms with Crippen LogP contribution in [0.15, 0.2) is 23.6 Å². The summed E-state index contributed by atoms with van der Waals surface area (Å²) in [6, 6.07) is 5.76. The lowest BCUT2D eigenvalue weighted by Crippen LogP contribution is -2.03. The van der Waals surface area contributed by atoms with E-state index in [1.807, 2.05) is 6.07 Å². The molecular formula is C12H8N4O4S. The molecule has 106 valence electrons.